The molecule has 0 saturated carbocycles. The lowest BCUT2D eigenvalue weighted by Gasteiger charge is -2.24. The van der Waals surface area contributed by atoms with Gasteiger partial charge in [0.15, 0.2) is 0 Å². The molecule has 2 aromatic rings. The number of sulfonamides is 1. The van der Waals surface area contributed by atoms with E-state index in [1.165, 1.54) is 17.3 Å². The fourth-order valence-electron chi connectivity index (χ4n) is 2.62. The molecule has 2 rings (SSSR count). The van der Waals surface area contributed by atoms with E-state index < -0.39 is 20.1 Å². The SMILES string of the molecule is CCS(=O)(=O)Oc1cccc(CN(CC(C)C)S(=O)(=O)c2ccc(C)cc2)c1. The summed E-state index contributed by atoms with van der Waals surface area (Å²) in [6.45, 7) is 7.76. The number of benzene rings is 2. The Hall–Kier alpha value is -1.90. The van der Waals surface area contributed by atoms with Crippen LogP contribution in [-0.4, -0.2) is 33.4 Å². The summed E-state index contributed by atoms with van der Waals surface area (Å²) in [5.74, 6) is 0.162. The minimum absolute atomic E-state index is 0.123. The highest BCUT2D eigenvalue weighted by molar-refractivity contribution is 7.89. The van der Waals surface area contributed by atoms with Crippen LogP contribution in [0.3, 0.4) is 0 Å². The topological polar surface area (TPSA) is 80.8 Å². The highest BCUT2D eigenvalue weighted by Gasteiger charge is 2.25. The van der Waals surface area contributed by atoms with Gasteiger partial charge in [-0.2, -0.15) is 12.7 Å². The van der Waals surface area contributed by atoms with Crippen molar-refractivity contribution < 1.29 is 21.0 Å². The maximum Gasteiger partial charge on any atom is 0.308 e. The second-order valence-electron chi connectivity index (χ2n) is 7.08. The van der Waals surface area contributed by atoms with Crippen LogP contribution in [0.4, 0.5) is 0 Å². The zero-order valence-corrected chi connectivity index (χ0v) is 18.3. The van der Waals surface area contributed by atoms with Crippen LogP contribution in [0.25, 0.3) is 0 Å². The molecule has 0 spiro atoms. The third-order valence-electron chi connectivity index (χ3n) is 4.06. The molecule has 28 heavy (non-hydrogen) atoms. The van der Waals surface area contributed by atoms with Gasteiger partial charge < -0.3 is 4.18 Å². The fraction of sp³-hybridized carbons (Fsp3) is 0.400. The van der Waals surface area contributed by atoms with Crippen molar-refractivity contribution in [1.82, 2.24) is 4.31 Å². The van der Waals surface area contributed by atoms with E-state index in [1.54, 1.807) is 42.5 Å². The van der Waals surface area contributed by atoms with Crippen molar-refractivity contribution >= 4 is 20.1 Å². The van der Waals surface area contributed by atoms with Crippen molar-refractivity contribution in [3.05, 3.63) is 59.7 Å². The number of hydrogen-bond acceptors (Lipinski definition) is 5. The third-order valence-corrected chi connectivity index (χ3v) is 7.04. The van der Waals surface area contributed by atoms with Crippen molar-refractivity contribution in [2.45, 2.75) is 39.1 Å². The van der Waals surface area contributed by atoms with Crippen LogP contribution in [0.5, 0.6) is 5.75 Å². The molecule has 0 aromatic heterocycles. The van der Waals surface area contributed by atoms with Crippen molar-refractivity contribution in [2.24, 2.45) is 5.92 Å². The summed E-state index contributed by atoms with van der Waals surface area (Å²) in [5, 5.41) is 0. The highest BCUT2D eigenvalue weighted by Crippen LogP contribution is 2.23. The van der Waals surface area contributed by atoms with Gasteiger partial charge in [0.1, 0.15) is 5.75 Å². The number of nitrogens with zero attached hydrogens (tertiary/aromatic N) is 1. The second kappa shape index (κ2) is 9.07. The van der Waals surface area contributed by atoms with E-state index in [1.807, 2.05) is 20.8 Å². The molecule has 6 nitrogen and oxygen atoms in total. The lowest BCUT2D eigenvalue weighted by molar-refractivity contribution is 0.361. The van der Waals surface area contributed by atoms with Crippen LogP contribution in [0, 0.1) is 12.8 Å². The fourth-order valence-corrected chi connectivity index (χ4v) is 4.73. The smallest absolute Gasteiger partial charge is 0.308 e. The van der Waals surface area contributed by atoms with Crippen LogP contribution in [-0.2, 0) is 26.7 Å². The van der Waals surface area contributed by atoms with Gasteiger partial charge >= 0.3 is 10.1 Å². The Morgan fingerprint density at radius 3 is 2.21 bits per heavy atom. The Balaban J connectivity index is 2.33. The first-order valence-electron chi connectivity index (χ1n) is 9.11. The molecule has 0 heterocycles. The minimum atomic E-state index is -3.69. The first kappa shape index (κ1) is 22.4. The molecular weight excluding hydrogens is 398 g/mol. The summed E-state index contributed by atoms with van der Waals surface area (Å²) in [6.07, 6.45) is 0. The Bertz CT molecular complexity index is 997. The van der Waals surface area contributed by atoms with E-state index in [2.05, 4.69) is 0 Å². The molecule has 0 saturated heterocycles. The molecular formula is C20H27NO5S2. The normalized spacial score (nSPS) is 12.5. The van der Waals surface area contributed by atoms with Gasteiger partial charge in [0.25, 0.3) is 0 Å². The largest absolute Gasteiger partial charge is 0.382 e. The highest BCUT2D eigenvalue weighted by atomic mass is 32.2. The first-order chi connectivity index (χ1) is 13.0. The predicted octanol–water partition coefficient (Wildman–Crippen LogP) is 3.57. The minimum Gasteiger partial charge on any atom is -0.382 e. The van der Waals surface area contributed by atoms with Gasteiger partial charge in [-0.05, 0) is 49.6 Å². The molecule has 0 radical (unpaired) electrons. The monoisotopic (exact) mass is 425 g/mol. The standard InChI is InChI=1S/C20H27NO5S2/c1-5-27(22,23)26-19-8-6-7-18(13-19)15-21(14-16(2)3)28(24,25)20-11-9-17(4)10-12-20/h6-13,16H,5,14-15H2,1-4H3. The number of rotatable bonds is 9. The molecule has 0 unspecified atom stereocenters. The van der Waals surface area contributed by atoms with Crippen LogP contribution in [0.1, 0.15) is 31.9 Å². The summed E-state index contributed by atoms with van der Waals surface area (Å²) >= 11 is 0. The lowest BCUT2D eigenvalue weighted by Crippen LogP contribution is -2.33. The van der Waals surface area contributed by atoms with E-state index in [0.29, 0.717) is 12.1 Å². The summed E-state index contributed by atoms with van der Waals surface area (Å²) in [4.78, 5) is 0.236. The van der Waals surface area contributed by atoms with E-state index in [0.717, 1.165) is 5.56 Å². The second-order valence-corrected chi connectivity index (χ2v) is 10.9. The van der Waals surface area contributed by atoms with Gasteiger partial charge in [0, 0.05) is 13.1 Å². The molecule has 0 amide bonds. The van der Waals surface area contributed by atoms with Gasteiger partial charge in [0.05, 0.1) is 10.6 Å². The number of aryl methyl sites for hydroxylation is 1. The average molecular weight is 426 g/mol. The van der Waals surface area contributed by atoms with Crippen molar-refractivity contribution in [3.63, 3.8) is 0 Å². The van der Waals surface area contributed by atoms with Gasteiger partial charge in [-0.1, -0.05) is 43.7 Å². The quantitative estimate of drug-likeness (QED) is 0.574. The lowest BCUT2D eigenvalue weighted by atomic mass is 10.2. The maximum atomic E-state index is 13.1. The van der Waals surface area contributed by atoms with E-state index >= 15 is 0 Å². The Labute approximate surface area is 168 Å². The molecule has 0 aliphatic rings. The van der Waals surface area contributed by atoms with Crippen LogP contribution in [0.2, 0.25) is 0 Å². The van der Waals surface area contributed by atoms with Crippen LogP contribution < -0.4 is 4.18 Å². The summed E-state index contributed by atoms with van der Waals surface area (Å²) in [6, 6.07) is 13.3. The molecule has 0 bridgehead atoms. The van der Waals surface area contributed by atoms with Crippen LogP contribution in [0.15, 0.2) is 53.4 Å². The average Bonchev–Trinajstić information content (AvgIpc) is 2.61. The first-order valence-corrected chi connectivity index (χ1v) is 12.1. The molecule has 2 aromatic carbocycles. The molecule has 0 N–H and O–H groups in total. The van der Waals surface area contributed by atoms with Gasteiger partial charge in [-0.3, -0.25) is 0 Å². The van der Waals surface area contributed by atoms with E-state index in [4.69, 9.17) is 4.18 Å². The zero-order chi connectivity index (χ0) is 20.9. The van der Waals surface area contributed by atoms with Gasteiger partial charge in [0.2, 0.25) is 10.0 Å². The van der Waals surface area contributed by atoms with E-state index in [-0.39, 0.29) is 28.9 Å². The van der Waals surface area contributed by atoms with Crippen LogP contribution >= 0.6 is 0 Å². The third kappa shape index (κ3) is 6.05. The van der Waals surface area contributed by atoms with E-state index in [9.17, 15) is 16.8 Å². The molecule has 0 aliphatic carbocycles. The Kier molecular flexibility index (Phi) is 7.25. The van der Waals surface area contributed by atoms with Gasteiger partial charge in [-0.15, -0.1) is 0 Å². The summed E-state index contributed by atoms with van der Waals surface area (Å²) in [5.41, 5.74) is 1.64. The molecule has 154 valence electrons. The molecule has 0 atom stereocenters. The van der Waals surface area contributed by atoms with Crippen molar-refractivity contribution in [1.29, 1.82) is 0 Å². The Morgan fingerprint density at radius 1 is 1.00 bits per heavy atom. The molecule has 0 fully saturated rings. The Morgan fingerprint density at radius 2 is 1.64 bits per heavy atom. The summed E-state index contributed by atoms with van der Waals surface area (Å²) in [7, 11) is -7.33. The number of hydrogen-bond donors (Lipinski definition) is 0. The maximum absolute atomic E-state index is 13.1. The van der Waals surface area contributed by atoms with Crippen molar-refractivity contribution in [2.75, 3.05) is 12.3 Å². The summed E-state index contributed by atoms with van der Waals surface area (Å²) < 4.78 is 56.1. The molecule has 8 heteroatoms. The predicted molar refractivity (Wildman–Crippen MR) is 110 cm³/mol. The zero-order valence-electron chi connectivity index (χ0n) is 16.6. The van der Waals surface area contributed by atoms with Gasteiger partial charge in [-0.25, -0.2) is 8.42 Å². The molecule has 0 aliphatic heterocycles. The van der Waals surface area contributed by atoms with Crippen molar-refractivity contribution in [3.8, 4) is 5.75 Å².